The fourth-order valence-electron chi connectivity index (χ4n) is 2.26. The van der Waals surface area contributed by atoms with E-state index in [9.17, 15) is 9.59 Å². The Bertz CT molecular complexity index is 737. The van der Waals surface area contributed by atoms with E-state index in [1.807, 2.05) is 62.4 Å². The normalized spacial score (nSPS) is 10.6. The molecule has 2 amide bonds. The summed E-state index contributed by atoms with van der Waals surface area (Å²) in [5.74, 6) is -0.326. The van der Waals surface area contributed by atoms with Gasteiger partial charge in [0, 0.05) is 24.7 Å². The molecule has 0 unspecified atom stereocenters. The highest BCUT2D eigenvalue weighted by atomic mass is 16.2. The second-order valence-electron chi connectivity index (χ2n) is 5.65. The third kappa shape index (κ3) is 5.72. The Hall–Kier alpha value is -2.88. The third-order valence-electron chi connectivity index (χ3n) is 3.53. The van der Waals surface area contributed by atoms with Gasteiger partial charge < -0.3 is 10.6 Å². The molecule has 0 aliphatic rings. The van der Waals surface area contributed by atoms with Crippen molar-refractivity contribution in [3.05, 3.63) is 71.3 Å². The van der Waals surface area contributed by atoms with Crippen molar-refractivity contribution in [1.29, 1.82) is 0 Å². The maximum Gasteiger partial charge on any atom is 0.244 e. The average molecular weight is 322 g/mol. The van der Waals surface area contributed by atoms with Crippen LogP contribution in [0, 0.1) is 13.8 Å². The molecule has 0 saturated carbocycles. The van der Waals surface area contributed by atoms with E-state index in [-0.39, 0.29) is 18.2 Å². The first-order chi connectivity index (χ1) is 11.5. The molecule has 124 valence electrons. The zero-order chi connectivity index (χ0) is 17.4. The average Bonchev–Trinajstić information content (AvgIpc) is 2.56. The van der Waals surface area contributed by atoms with Crippen molar-refractivity contribution in [2.45, 2.75) is 20.3 Å². The molecule has 2 rings (SSSR count). The fraction of sp³-hybridized carbons (Fsp3) is 0.200. The maximum atomic E-state index is 11.9. The fourth-order valence-corrected chi connectivity index (χ4v) is 2.26. The van der Waals surface area contributed by atoms with Crippen LogP contribution in [0.5, 0.6) is 0 Å². The summed E-state index contributed by atoms with van der Waals surface area (Å²) in [6.45, 7) is 4.27. The topological polar surface area (TPSA) is 58.2 Å². The molecule has 2 N–H and O–H groups in total. The molecule has 4 heteroatoms. The van der Waals surface area contributed by atoms with Crippen molar-refractivity contribution >= 4 is 23.6 Å². The minimum Gasteiger partial charge on any atom is -0.352 e. The molecule has 0 radical (unpaired) electrons. The molecule has 2 aromatic rings. The number of hydrogen-bond acceptors (Lipinski definition) is 2. The molecular weight excluding hydrogens is 300 g/mol. The standard InChI is InChI=1S/C20H22N2O2/c1-15-8-10-18(16(2)14-15)22-20(24)12-13-21-19(23)11-9-17-6-4-3-5-7-17/h3-11,14H,12-13H2,1-2H3,(H,21,23)(H,22,24)/b11-9+. The zero-order valence-corrected chi connectivity index (χ0v) is 14.0. The SMILES string of the molecule is Cc1ccc(NC(=O)CCNC(=O)/C=C/c2ccccc2)c(C)c1. The van der Waals surface area contributed by atoms with Crippen molar-refractivity contribution in [3.63, 3.8) is 0 Å². The van der Waals surface area contributed by atoms with E-state index in [4.69, 9.17) is 0 Å². The molecule has 4 nitrogen and oxygen atoms in total. The lowest BCUT2D eigenvalue weighted by Gasteiger charge is -2.09. The van der Waals surface area contributed by atoms with Crippen molar-refractivity contribution < 1.29 is 9.59 Å². The lowest BCUT2D eigenvalue weighted by atomic mass is 10.1. The van der Waals surface area contributed by atoms with Gasteiger partial charge in [-0.1, -0.05) is 48.0 Å². The number of amides is 2. The Balaban J connectivity index is 1.74. The van der Waals surface area contributed by atoms with Gasteiger partial charge in [0.2, 0.25) is 11.8 Å². The minimum atomic E-state index is -0.210. The summed E-state index contributed by atoms with van der Waals surface area (Å²) in [5.41, 5.74) is 3.95. The van der Waals surface area contributed by atoms with Crippen LogP contribution in [0.15, 0.2) is 54.6 Å². The van der Waals surface area contributed by atoms with Crippen molar-refractivity contribution in [3.8, 4) is 0 Å². The molecule has 0 fully saturated rings. The zero-order valence-electron chi connectivity index (χ0n) is 14.0. The number of carbonyl (C=O) groups is 2. The predicted octanol–water partition coefficient (Wildman–Crippen LogP) is 3.46. The molecule has 0 saturated heterocycles. The Morgan fingerprint density at radius 3 is 2.50 bits per heavy atom. The highest BCUT2D eigenvalue weighted by Gasteiger charge is 2.05. The van der Waals surface area contributed by atoms with Gasteiger partial charge in [-0.05, 0) is 37.1 Å². The highest BCUT2D eigenvalue weighted by molar-refractivity contribution is 5.93. The minimum absolute atomic E-state index is 0.116. The van der Waals surface area contributed by atoms with Gasteiger partial charge in [0.25, 0.3) is 0 Å². The van der Waals surface area contributed by atoms with Crippen LogP contribution in [0.3, 0.4) is 0 Å². The predicted molar refractivity (Wildman–Crippen MR) is 97.6 cm³/mol. The maximum absolute atomic E-state index is 11.9. The van der Waals surface area contributed by atoms with E-state index in [1.165, 1.54) is 6.08 Å². The summed E-state index contributed by atoms with van der Waals surface area (Å²) < 4.78 is 0. The number of rotatable bonds is 6. The molecule has 0 bridgehead atoms. The Morgan fingerprint density at radius 2 is 1.79 bits per heavy atom. The highest BCUT2D eigenvalue weighted by Crippen LogP contribution is 2.15. The van der Waals surface area contributed by atoms with E-state index >= 15 is 0 Å². The number of aryl methyl sites for hydroxylation is 2. The molecule has 2 aromatic carbocycles. The summed E-state index contributed by atoms with van der Waals surface area (Å²) in [5, 5.41) is 5.57. The van der Waals surface area contributed by atoms with Gasteiger partial charge in [-0.3, -0.25) is 9.59 Å². The monoisotopic (exact) mass is 322 g/mol. The summed E-state index contributed by atoms with van der Waals surface area (Å²) in [4.78, 5) is 23.6. The number of benzene rings is 2. The van der Waals surface area contributed by atoms with Crippen LogP contribution in [0.25, 0.3) is 6.08 Å². The number of nitrogens with one attached hydrogen (secondary N) is 2. The number of carbonyl (C=O) groups excluding carboxylic acids is 2. The second-order valence-corrected chi connectivity index (χ2v) is 5.65. The molecular formula is C20H22N2O2. The molecule has 0 aromatic heterocycles. The lowest BCUT2D eigenvalue weighted by Crippen LogP contribution is -2.26. The van der Waals surface area contributed by atoms with Gasteiger partial charge in [-0.15, -0.1) is 0 Å². The van der Waals surface area contributed by atoms with Gasteiger partial charge in [-0.2, -0.15) is 0 Å². The van der Waals surface area contributed by atoms with E-state index in [1.54, 1.807) is 6.08 Å². The van der Waals surface area contributed by atoms with Gasteiger partial charge >= 0.3 is 0 Å². The largest absolute Gasteiger partial charge is 0.352 e. The molecule has 0 heterocycles. The van der Waals surface area contributed by atoms with Gasteiger partial charge in [-0.25, -0.2) is 0 Å². The van der Waals surface area contributed by atoms with Crippen LogP contribution in [0.4, 0.5) is 5.69 Å². The Labute approximate surface area is 142 Å². The van der Waals surface area contributed by atoms with Crippen molar-refractivity contribution in [2.75, 3.05) is 11.9 Å². The van der Waals surface area contributed by atoms with Crippen molar-refractivity contribution in [2.24, 2.45) is 0 Å². The molecule has 0 atom stereocenters. The van der Waals surface area contributed by atoms with Gasteiger partial charge in [0.15, 0.2) is 0 Å². The first-order valence-corrected chi connectivity index (χ1v) is 7.92. The van der Waals surface area contributed by atoms with Crippen LogP contribution in [-0.4, -0.2) is 18.4 Å². The Kier molecular flexibility index (Phi) is 6.32. The quantitative estimate of drug-likeness (QED) is 0.800. The summed E-state index contributed by atoms with van der Waals surface area (Å²) >= 11 is 0. The van der Waals surface area contributed by atoms with Crippen LogP contribution in [-0.2, 0) is 9.59 Å². The summed E-state index contributed by atoms with van der Waals surface area (Å²) in [7, 11) is 0. The molecule has 24 heavy (non-hydrogen) atoms. The van der Waals surface area contributed by atoms with Crippen LogP contribution < -0.4 is 10.6 Å². The summed E-state index contributed by atoms with van der Waals surface area (Å²) in [6.07, 6.45) is 3.45. The summed E-state index contributed by atoms with van der Waals surface area (Å²) in [6, 6.07) is 15.5. The number of anilines is 1. The second kappa shape index (κ2) is 8.67. The lowest BCUT2D eigenvalue weighted by molar-refractivity contribution is -0.117. The van der Waals surface area contributed by atoms with E-state index in [0.29, 0.717) is 6.54 Å². The first-order valence-electron chi connectivity index (χ1n) is 7.92. The molecule has 0 aliphatic carbocycles. The third-order valence-corrected chi connectivity index (χ3v) is 3.53. The van der Waals surface area contributed by atoms with E-state index in [0.717, 1.165) is 22.4 Å². The van der Waals surface area contributed by atoms with Crippen LogP contribution in [0.2, 0.25) is 0 Å². The molecule has 0 spiro atoms. The smallest absolute Gasteiger partial charge is 0.244 e. The molecule has 0 aliphatic heterocycles. The number of hydrogen-bond donors (Lipinski definition) is 2. The van der Waals surface area contributed by atoms with Gasteiger partial charge in [0.1, 0.15) is 0 Å². The van der Waals surface area contributed by atoms with Crippen molar-refractivity contribution in [1.82, 2.24) is 5.32 Å². The van der Waals surface area contributed by atoms with Crippen LogP contribution in [0.1, 0.15) is 23.1 Å². The van der Waals surface area contributed by atoms with E-state index in [2.05, 4.69) is 10.6 Å². The van der Waals surface area contributed by atoms with E-state index < -0.39 is 0 Å². The van der Waals surface area contributed by atoms with Gasteiger partial charge in [0.05, 0.1) is 0 Å². The van der Waals surface area contributed by atoms with Crippen LogP contribution >= 0.6 is 0 Å². The Morgan fingerprint density at radius 1 is 1.04 bits per heavy atom. The first kappa shape index (κ1) is 17.5.